The van der Waals surface area contributed by atoms with Gasteiger partial charge in [0.15, 0.2) is 0 Å². The molecule has 0 aromatic heterocycles. The summed E-state index contributed by atoms with van der Waals surface area (Å²) in [6.07, 6.45) is 15.6. The maximum atomic E-state index is 11.5. The normalized spacial score (nSPS) is 12.2. The number of nitrogens with two attached hydrogens (primary N) is 1. The van der Waals surface area contributed by atoms with Gasteiger partial charge in [-0.25, -0.2) is 4.79 Å². The summed E-state index contributed by atoms with van der Waals surface area (Å²) in [6.45, 7) is 2.23. The summed E-state index contributed by atoms with van der Waals surface area (Å²) in [6, 6.07) is -1.56. The van der Waals surface area contributed by atoms with Crippen molar-refractivity contribution in [3.05, 3.63) is 0 Å². The van der Waals surface area contributed by atoms with Gasteiger partial charge in [-0.05, 0) is 6.42 Å². The molecule has 0 saturated heterocycles. The van der Waals surface area contributed by atoms with Crippen molar-refractivity contribution in [2.24, 2.45) is 5.73 Å². The molecule has 0 aromatic rings. The van der Waals surface area contributed by atoms with E-state index >= 15 is 0 Å². The van der Waals surface area contributed by atoms with Crippen molar-refractivity contribution in [2.45, 2.75) is 103 Å². The Morgan fingerprint density at radius 2 is 1.25 bits per heavy atom. The number of hydrogen-bond donors (Lipinski definition) is 2. The van der Waals surface area contributed by atoms with Crippen molar-refractivity contribution in [1.82, 2.24) is 0 Å². The van der Waals surface area contributed by atoms with Gasteiger partial charge in [0.2, 0.25) is 0 Å². The fourth-order valence-corrected chi connectivity index (χ4v) is 3.41. The van der Waals surface area contributed by atoms with Gasteiger partial charge in [0.25, 0.3) is 10.1 Å². The van der Waals surface area contributed by atoms with Crippen LogP contribution in [0.2, 0.25) is 0 Å². The third-order valence-electron chi connectivity index (χ3n) is 4.39. The molecule has 0 unspecified atom stereocenters. The van der Waals surface area contributed by atoms with E-state index in [1.54, 1.807) is 0 Å². The number of unbranched alkanes of at least 4 members (excludes halogenated alkanes) is 12. The van der Waals surface area contributed by atoms with Crippen molar-refractivity contribution in [1.29, 1.82) is 0 Å². The summed E-state index contributed by atoms with van der Waals surface area (Å²) in [7, 11) is -4.38. The summed E-state index contributed by atoms with van der Waals surface area (Å²) in [5.74, 6) is -2.81. The summed E-state index contributed by atoms with van der Waals surface area (Å²) < 4.78 is 34.3. The van der Waals surface area contributed by atoms with Crippen molar-refractivity contribution < 1.29 is 27.3 Å². The molecule has 0 spiro atoms. The second-order valence-corrected chi connectivity index (χ2v) is 8.64. The Kier molecular flexibility index (Phi) is 20.5. The van der Waals surface area contributed by atoms with E-state index in [9.17, 15) is 18.0 Å². The first-order chi connectivity index (χ1) is 12.8. The van der Waals surface area contributed by atoms with Gasteiger partial charge in [0.05, 0.1) is 0 Å². The Labute approximate surface area is 192 Å². The van der Waals surface area contributed by atoms with Crippen LogP contribution in [0.1, 0.15) is 96.8 Å². The van der Waals surface area contributed by atoms with E-state index in [0.29, 0.717) is 6.42 Å². The molecule has 3 N–H and O–H groups in total. The van der Waals surface area contributed by atoms with Crippen LogP contribution in [0.3, 0.4) is 0 Å². The fraction of sp³-hybridized carbons (Fsp3) is 0.895. The zero-order chi connectivity index (χ0) is 20.5. The van der Waals surface area contributed by atoms with Gasteiger partial charge < -0.3 is 10.5 Å². The van der Waals surface area contributed by atoms with E-state index in [-0.39, 0.29) is 36.0 Å². The maximum absolute atomic E-state index is 11.5. The number of esters is 2. The fourth-order valence-electron chi connectivity index (χ4n) is 2.82. The standard InChI is InChI=1S/C19H37NO6S.Na.H/c1-2-3-4-5-6-7-8-9-10-11-12-13-14-15-18(21)26-19(22)17(20)16-27(23,24)25;;/h17H,2-16,20H2,1H3,(H,23,24,25);;/t17-;;/m1../s1. The third kappa shape index (κ3) is 20.7. The third-order valence-corrected chi connectivity index (χ3v) is 5.17. The van der Waals surface area contributed by atoms with Gasteiger partial charge in [0, 0.05) is 6.42 Å². The van der Waals surface area contributed by atoms with Crippen LogP contribution in [0.5, 0.6) is 0 Å². The predicted octanol–water partition coefficient (Wildman–Crippen LogP) is 3.10. The molecule has 0 heterocycles. The Balaban J connectivity index is 0. The number of hydrogen-bond acceptors (Lipinski definition) is 6. The molecule has 1 atom stereocenters. The van der Waals surface area contributed by atoms with Gasteiger partial charge in [-0.1, -0.05) is 84.0 Å². The monoisotopic (exact) mass is 431 g/mol. The van der Waals surface area contributed by atoms with Crippen LogP contribution in [0, 0.1) is 0 Å². The second kappa shape index (κ2) is 19.0. The molecule has 0 aliphatic heterocycles. The minimum atomic E-state index is -4.38. The number of carbonyl (C=O) groups is 2. The zero-order valence-electron chi connectivity index (χ0n) is 16.7. The molecule has 0 rings (SSSR count). The summed E-state index contributed by atoms with van der Waals surface area (Å²) in [5.41, 5.74) is 5.26. The van der Waals surface area contributed by atoms with Crippen molar-refractivity contribution >= 4 is 51.6 Å². The van der Waals surface area contributed by atoms with Gasteiger partial charge in [-0.3, -0.25) is 9.35 Å². The Hall–Kier alpha value is 0.01000. The van der Waals surface area contributed by atoms with E-state index in [0.717, 1.165) is 19.3 Å². The Bertz CT molecular complexity index is 513. The number of rotatable bonds is 17. The quantitative estimate of drug-likeness (QED) is 0.119. The van der Waals surface area contributed by atoms with Crippen LogP contribution in [0.4, 0.5) is 0 Å². The van der Waals surface area contributed by atoms with Gasteiger partial charge in [-0.2, -0.15) is 8.42 Å². The molecule has 7 nitrogen and oxygen atoms in total. The average Bonchev–Trinajstić information content (AvgIpc) is 2.57. The first-order valence-corrected chi connectivity index (χ1v) is 11.8. The van der Waals surface area contributed by atoms with Crippen LogP contribution >= 0.6 is 0 Å². The molecule has 0 amide bonds. The topological polar surface area (TPSA) is 124 Å². The molecule has 0 saturated carbocycles. The number of ether oxygens (including phenoxy) is 1. The minimum absolute atomic E-state index is 0. The Morgan fingerprint density at radius 3 is 1.64 bits per heavy atom. The van der Waals surface area contributed by atoms with Gasteiger partial charge in [-0.15, -0.1) is 0 Å². The first-order valence-electron chi connectivity index (χ1n) is 10.2. The SMILES string of the molecule is CCCCCCCCCCCCCCCC(=O)OC(=O)[C@H](N)CS(=O)(=O)O.[NaH]. The molecular formula is C19H38NNaO6S. The van der Waals surface area contributed by atoms with Crippen LogP contribution in [-0.2, 0) is 24.4 Å². The molecule has 0 aliphatic carbocycles. The summed E-state index contributed by atoms with van der Waals surface area (Å²) >= 11 is 0. The molecular weight excluding hydrogens is 393 g/mol. The van der Waals surface area contributed by atoms with E-state index in [1.807, 2.05) is 0 Å². The Morgan fingerprint density at radius 1 is 0.857 bits per heavy atom. The van der Waals surface area contributed by atoms with Crippen LogP contribution < -0.4 is 5.73 Å². The zero-order valence-corrected chi connectivity index (χ0v) is 17.5. The molecule has 28 heavy (non-hydrogen) atoms. The molecule has 9 heteroatoms. The van der Waals surface area contributed by atoms with E-state index < -0.39 is 33.9 Å². The van der Waals surface area contributed by atoms with Crippen molar-refractivity contribution in [3.63, 3.8) is 0 Å². The van der Waals surface area contributed by atoms with Crippen LogP contribution in [-0.4, -0.2) is 66.3 Å². The molecule has 0 fully saturated rings. The van der Waals surface area contributed by atoms with E-state index in [2.05, 4.69) is 11.7 Å². The van der Waals surface area contributed by atoms with E-state index in [1.165, 1.54) is 57.8 Å². The predicted molar refractivity (Wildman–Crippen MR) is 113 cm³/mol. The summed E-state index contributed by atoms with van der Waals surface area (Å²) in [4.78, 5) is 22.9. The summed E-state index contributed by atoms with van der Waals surface area (Å²) in [5, 5.41) is 0. The molecule has 0 bridgehead atoms. The molecule has 0 aliphatic rings. The van der Waals surface area contributed by atoms with Crippen LogP contribution in [0.25, 0.3) is 0 Å². The van der Waals surface area contributed by atoms with E-state index in [4.69, 9.17) is 10.3 Å². The number of carbonyl (C=O) groups excluding carboxylic acids is 2. The second-order valence-electron chi connectivity index (χ2n) is 7.14. The van der Waals surface area contributed by atoms with Crippen LogP contribution in [0.15, 0.2) is 0 Å². The van der Waals surface area contributed by atoms with Gasteiger partial charge >= 0.3 is 41.5 Å². The first kappa shape index (κ1) is 30.2. The molecule has 0 radical (unpaired) electrons. The molecule has 162 valence electrons. The van der Waals surface area contributed by atoms with Crippen molar-refractivity contribution in [2.75, 3.05) is 5.75 Å². The molecule has 0 aromatic carbocycles. The van der Waals surface area contributed by atoms with Gasteiger partial charge in [0.1, 0.15) is 11.8 Å². The average molecular weight is 432 g/mol. The van der Waals surface area contributed by atoms with Crippen molar-refractivity contribution in [3.8, 4) is 0 Å².